The molecule has 1 amide bonds. The van der Waals surface area contributed by atoms with Gasteiger partial charge in [0, 0.05) is 18.5 Å². The van der Waals surface area contributed by atoms with Gasteiger partial charge in [-0.15, -0.1) is 6.58 Å². The SMILES string of the molecule is C=CCN1C(=O)C(C)(C)c2cc(S(C)(=O)=O)ccc21. The quantitative estimate of drug-likeness (QED) is 0.794. The van der Waals surface area contributed by atoms with Crippen LogP contribution in [0, 0.1) is 0 Å². The van der Waals surface area contributed by atoms with Crippen molar-refractivity contribution in [3.05, 3.63) is 36.4 Å². The minimum absolute atomic E-state index is 0.0342. The lowest BCUT2D eigenvalue weighted by molar-refractivity contribution is -0.122. The molecule has 1 aliphatic heterocycles. The van der Waals surface area contributed by atoms with E-state index in [4.69, 9.17) is 0 Å². The minimum Gasteiger partial charge on any atom is -0.308 e. The predicted molar refractivity (Wildman–Crippen MR) is 75.1 cm³/mol. The third-order valence-corrected chi connectivity index (χ3v) is 4.56. The molecule has 0 bridgehead atoms. The molecule has 0 spiro atoms. The lowest BCUT2D eigenvalue weighted by Gasteiger charge is -2.18. The molecule has 0 unspecified atom stereocenters. The number of rotatable bonds is 3. The van der Waals surface area contributed by atoms with Crippen LogP contribution in [0.5, 0.6) is 0 Å². The van der Waals surface area contributed by atoms with Crippen LogP contribution >= 0.6 is 0 Å². The summed E-state index contributed by atoms with van der Waals surface area (Å²) in [6.07, 6.45) is 2.83. The van der Waals surface area contributed by atoms with Crippen molar-refractivity contribution >= 4 is 21.4 Å². The molecule has 102 valence electrons. The van der Waals surface area contributed by atoms with Gasteiger partial charge in [0.1, 0.15) is 0 Å². The largest absolute Gasteiger partial charge is 0.308 e. The van der Waals surface area contributed by atoms with Crippen molar-refractivity contribution in [3.63, 3.8) is 0 Å². The smallest absolute Gasteiger partial charge is 0.237 e. The number of hydrogen-bond donors (Lipinski definition) is 0. The van der Waals surface area contributed by atoms with Gasteiger partial charge in [0.25, 0.3) is 0 Å². The van der Waals surface area contributed by atoms with Crippen LogP contribution in [0.3, 0.4) is 0 Å². The number of sulfone groups is 1. The molecule has 0 atom stereocenters. The van der Waals surface area contributed by atoms with Crippen molar-refractivity contribution in [1.29, 1.82) is 0 Å². The summed E-state index contributed by atoms with van der Waals surface area (Å²) in [5.41, 5.74) is 0.809. The molecule has 4 nitrogen and oxygen atoms in total. The molecule has 0 fully saturated rings. The molecule has 19 heavy (non-hydrogen) atoms. The van der Waals surface area contributed by atoms with Crippen LogP contribution < -0.4 is 4.90 Å². The van der Waals surface area contributed by atoms with Gasteiger partial charge in [-0.3, -0.25) is 4.79 Å². The molecule has 0 radical (unpaired) electrons. The normalized spacial score (nSPS) is 17.4. The predicted octanol–water partition coefficient (Wildman–Crippen LogP) is 1.90. The van der Waals surface area contributed by atoms with E-state index in [1.54, 1.807) is 29.2 Å². The number of fused-ring (bicyclic) bond motifs is 1. The molecule has 0 aromatic heterocycles. The molecule has 0 aliphatic carbocycles. The highest BCUT2D eigenvalue weighted by Crippen LogP contribution is 2.42. The molecule has 1 heterocycles. The Labute approximate surface area is 113 Å². The second-order valence-electron chi connectivity index (χ2n) is 5.28. The van der Waals surface area contributed by atoms with Gasteiger partial charge in [0.15, 0.2) is 9.84 Å². The Hall–Kier alpha value is -1.62. The maximum absolute atomic E-state index is 12.4. The number of anilines is 1. The Morgan fingerprint density at radius 1 is 1.37 bits per heavy atom. The fourth-order valence-electron chi connectivity index (χ4n) is 2.35. The first kappa shape index (κ1) is 13.8. The molecule has 5 heteroatoms. The van der Waals surface area contributed by atoms with E-state index in [9.17, 15) is 13.2 Å². The summed E-state index contributed by atoms with van der Waals surface area (Å²) in [4.78, 5) is 14.2. The highest BCUT2D eigenvalue weighted by molar-refractivity contribution is 7.90. The van der Waals surface area contributed by atoms with Gasteiger partial charge in [-0.25, -0.2) is 8.42 Å². The third kappa shape index (κ3) is 2.08. The molecule has 0 saturated carbocycles. The van der Waals surface area contributed by atoms with Gasteiger partial charge < -0.3 is 4.90 Å². The van der Waals surface area contributed by atoms with Crippen LogP contribution in [0.2, 0.25) is 0 Å². The summed E-state index contributed by atoms with van der Waals surface area (Å²) in [5, 5.41) is 0. The Kier molecular flexibility index (Phi) is 3.05. The maximum Gasteiger partial charge on any atom is 0.237 e. The second-order valence-corrected chi connectivity index (χ2v) is 7.30. The average Bonchev–Trinajstić information content (AvgIpc) is 2.50. The van der Waals surface area contributed by atoms with E-state index in [1.165, 1.54) is 6.26 Å². The Balaban J connectivity index is 2.66. The fourth-order valence-corrected chi connectivity index (χ4v) is 3.00. The Morgan fingerprint density at radius 3 is 2.53 bits per heavy atom. The van der Waals surface area contributed by atoms with E-state index in [0.717, 1.165) is 11.3 Å². The second kappa shape index (κ2) is 4.20. The molecule has 1 aromatic rings. The standard InChI is InChI=1S/C14H17NO3S/c1-5-8-15-12-7-6-10(19(4,17)18)9-11(12)14(2,3)13(15)16/h5-7,9H,1,8H2,2-4H3. The summed E-state index contributed by atoms with van der Waals surface area (Å²) >= 11 is 0. The topological polar surface area (TPSA) is 54.5 Å². The molecule has 0 saturated heterocycles. The Bertz CT molecular complexity index is 659. The van der Waals surface area contributed by atoms with Crippen molar-refractivity contribution in [2.45, 2.75) is 24.2 Å². The van der Waals surface area contributed by atoms with Gasteiger partial charge >= 0.3 is 0 Å². The van der Waals surface area contributed by atoms with Crippen molar-refractivity contribution < 1.29 is 13.2 Å². The van der Waals surface area contributed by atoms with Gasteiger partial charge in [0.05, 0.1) is 10.3 Å². The van der Waals surface area contributed by atoms with Crippen LogP contribution in [0.25, 0.3) is 0 Å². The van der Waals surface area contributed by atoms with Gasteiger partial charge in [-0.1, -0.05) is 6.08 Å². The van der Waals surface area contributed by atoms with Crippen molar-refractivity contribution in [2.24, 2.45) is 0 Å². The molecule has 0 N–H and O–H groups in total. The summed E-state index contributed by atoms with van der Waals surface area (Å²) in [5.74, 6) is -0.0342. The van der Waals surface area contributed by atoms with E-state index in [2.05, 4.69) is 6.58 Å². The number of carbonyl (C=O) groups excluding carboxylic acids is 1. The minimum atomic E-state index is -3.27. The number of benzene rings is 1. The lowest BCUT2D eigenvalue weighted by Crippen LogP contribution is -2.36. The van der Waals surface area contributed by atoms with Crippen LogP contribution in [-0.2, 0) is 20.0 Å². The summed E-state index contributed by atoms with van der Waals surface area (Å²) in [6.45, 7) is 7.69. The Morgan fingerprint density at radius 2 is 2.00 bits per heavy atom. The molecular weight excluding hydrogens is 262 g/mol. The van der Waals surface area contributed by atoms with E-state index in [1.807, 2.05) is 13.8 Å². The zero-order valence-corrected chi connectivity index (χ0v) is 12.1. The van der Waals surface area contributed by atoms with E-state index in [0.29, 0.717) is 6.54 Å². The monoisotopic (exact) mass is 279 g/mol. The van der Waals surface area contributed by atoms with Crippen LogP contribution in [0.4, 0.5) is 5.69 Å². The lowest BCUT2D eigenvalue weighted by atomic mass is 9.86. The molecule has 1 aliphatic rings. The number of nitrogens with zero attached hydrogens (tertiary/aromatic N) is 1. The first-order valence-electron chi connectivity index (χ1n) is 5.97. The number of carbonyl (C=O) groups is 1. The van der Waals surface area contributed by atoms with Crippen LogP contribution in [0.15, 0.2) is 35.7 Å². The molecule has 2 rings (SSSR count). The van der Waals surface area contributed by atoms with Crippen LogP contribution in [-0.4, -0.2) is 27.1 Å². The summed E-state index contributed by atoms with van der Waals surface area (Å²) in [6, 6.07) is 4.84. The highest BCUT2D eigenvalue weighted by Gasteiger charge is 2.43. The van der Waals surface area contributed by atoms with Gasteiger partial charge in [-0.2, -0.15) is 0 Å². The highest BCUT2D eigenvalue weighted by atomic mass is 32.2. The average molecular weight is 279 g/mol. The molecule has 1 aromatic carbocycles. The van der Waals surface area contributed by atoms with E-state index < -0.39 is 15.3 Å². The fraction of sp³-hybridized carbons (Fsp3) is 0.357. The first-order chi connectivity index (χ1) is 8.69. The van der Waals surface area contributed by atoms with Crippen molar-refractivity contribution in [3.8, 4) is 0 Å². The maximum atomic E-state index is 12.4. The van der Waals surface area contributed by atoms with Gasteiger partial charge in [-0.05, 0) is 37.6 Å². The molecular formula is C14H17NO3S. The first-order valence-corrected chi connectivity index (χ1v) is 7.86. The van der Waals surface area contributed by atoms with Crippen LogP contribution in [0.1, 0.15) is 19.4 Å². The summed E-state index contributed by atoms with van der Waals surface area (Å²) < 4.78 is 23.2. The summed E-state index contributed by atoms with van der Waals surface area (Å²) in [7, 11) is -3.27. The number of amides is 1. The van der Waals surface area contributed by atoms with E-state index >= 15 is 0 Å². The van der Waals surface area contributed by atoms with Gasteiger partial charge in [0.2, 0.25) is 5.91 Å². The zero-order valence-electron chi connectivity index (χ0n) is 11.3. The third-order valence-electron chi connectivity index (χ3n) is 3.45. The van der Waals surface area contributed by atoms with Crippen molar-refractivity contribution in [2.75, 3.05) is 17.7 Å². The van der Waals surface area contributed by atoms with E-state index in [-0.39, 0.29) is 10.8 Å². The number of hydrogen-bond acceptors (Lipinski definition) is 3. The zero-order chi connectivity index (χ0) is 14.4. The van der Waals surface area contributed by atoms with Crippen molar-refractivity contribution in [1.82, 2.24) is 0 Å².